The maximum absolute atomic E-state index is 5.43. The molecule has 0 fully saturated rings. The SMILES string of the molecule is Cc1nn(C)c(C)c1CCCN=C(NCCc1ccco1)NC(C)c1ccccc1. The van der Waals surface area contributed by atoms with Gasteiger partial charge in [-0.1, -0.05) is 30.3 Å². The second-order valence-electron chi connectivity index (χ2n) is 7.64. The molecule has 0 spiro atoms. The van der Waals surface area contributed by atoms with Crippen molar-refractivity contribution in [3.05, 3.63) is 77.0 Å². The molecule has 2 heterocycles. The van der Waals surface area contributed by atoms with E-state index in [1.165, 1.54) is 16.8 Å². The van der Waals surface area contributed by atoms with Crippen molar-refractivity contribution in [2.24, 2.45) is 12.0 Å². The molecule has 0 saturated heterocycles. The van der Waals surface area contributed by atoms with E-state index in [2.05, 4.69) is 60.8 Å². The van der Waals surface area contributed by atoms with Crippen molar-refractivity contribution in [1.82, 2.24) is 20.4 Å². The number of rotatable bonds is 9. The molecule has 0 saturated carbocycles. The molecule has 3 rings (SSSR count). The summed E-state index contributed by atoms with van der Waals surface area (Å²) in [4.78, 5) is 4.83. The summed E-state index contributed by atoms with van der Waals surface area (Å²) < 4.78 is 7.39. The first-order valence-electron chi connectivity index (χ1n) is 10.7. The maximum atomic E-state index is 5.43. The van der Waals surface area contributed by atoms with Gasteiger partial charge in [0.15, 0.2) is 5.96 Å². The topological polar surface area (TPSA) is 67.4 Å². The Bertz CT molecular complexity index is 928. The molecule has 6 nitrogen and oxygen atoms in total. The molecule has 1 atom stereocenters. The largest absolute Gasteiger partial charge is 0.469 e. The Hall–Kier alpha value is -3.02. The Morgan fingerprint density at radius 2 is 1.93 bits per heavy atom. The number of aryl methyl sites for hydroxylation is 2. The zero-order valence-corrected chi connectivity index (χ0v) is 18.5. The molecule has 0 amide bonds. The fourth-order valence-corrected chi connectivity index (χ4v) is 3.57. The Morgan fingerprint density at radius 3 is 2.60 bits per heavy atom. The third-order valence-electron chi connectivity index (χ3n) is 5.41. The number of guanidine groups is 1. The lowest BCUT2D eigenvalue weighted by atomic mass is 10.1. The zero-order valence-electron chi connectivity index (χ0n) is 18.5. The highest BCUT2D eigenvalue weighted by molar-refractivity contribution is 5.80. The van der Waals surface area contributed by atoms with Crippen molar-refractivity contribution >= 4 is 5.96 Å². The average molecular weight is 408 g/mol. The van der Waals surface area contributed by atoms with Crippen LogP contribution in [0.4, 0.5) is 0 Å². The van der Waals surface area contributed by atoms with Crippen molar-refractivity contribution in [3.8, 4) is 0 Å². The minimum Gasteiger partial charge on any atom is -0.469 e. The van der Waals surface area contributed by atoms with Gasteiger partial charge in [-0.3, -0.25) is 9.67 Å². The monoisotopic (exact) mass is 407 g/mol. The van der Waals surface area contributed by atoms with Crippen LogP contribution in [0.15, 0.2) is 58.1 Å². The molecule has 1 aromatic carbocycles. The van der Waals surface area contributed by atoms with Gasteiger partial charge in [-0.25, -0.2) is 0 Å². The number of aliphatic imine (C=N–C) groups is 1. The van der Waals surface area contributed by atoms with Crippen LogP contribution in [0, 0.1) is 13.8 Å². The van der Waals surface area contributed by atoms with Gasteiger partial charge in [-0.05, 0) is 56.9 Å². The Balaban J connectivity index is 1.58. The van der Waals surface area contributed by atoms with Crippen LogP contribution in [0.2, 0.25) is 0 Å². The first kappa shape index (κ1) is 21.7. The van der Waals surface area contributed by atoms with Crippen molar-refractivity contribution in [2.45, 2.75) is 46.1 Å². The van der Waals surface area contributed by atoms with Crippen LogP contribution in [0.5, 0.6) is 0 Å². The molecule has 0 bridgehead atoms. The van der Waals surface area contributed by atoms with Gasteiger partial charge in [-0.15, -0.1) is 0 Å². The summed E-state index contributed by atoms with van der Waals surface area (Å²) in [6.45, 7) is 7.88. The summed E-state index contributed by atoms with van der Waals surface area (Å²) in [6, 6.07) is 14.5. The minimum atomic E-state index is 0.170. The maximum Gasteiger partial charge on any atom is 0.191 e. The smallest absolute Gasteiger partial charge is 0.191 e. The second kappa shape index (κ2) is 10.7. The van der Waals surface area contributed by atoms with Crippen LogP contribution in [0.25, 0.3) is 0 Å². The molecular formula is C24H33N5O. The van der Waals surface area contributed by atoms with Gasteiger partial charge in [0.25, 0.3) is 0 Å². The molecule has 0 aliphatic carbocycles. The van der Waals surface area contributed by atoms with Crippen molar-refractivity contribution in [3.63, 3.8) is 0 Å². The number of benzene rings is 1. The Labute approximate surface area is 179 Å². The Kier molecular flexibility index (Phi) is 7.71. The summed E-state index contributed by atoms with van der Waals surface area (Å²) in [5.41, 5.74) is 4.93. The first-order valence-corrected chi connectivity index (χ1v) is 10.7. The lowest BCUT2D eigenvalue weighted by Crippen LogP contribution is -2.40. The fourth-order valence-electron chi connectivity index (χ4n) is 3.57. The van der Waals surface area contributed by atoms with E-state index >= 15 is 0 Å². The summed E-state index contributed by atoms with van der Waals surface area (Å²) in [5, 5.41) is 11.5. The number of aromatic nitrogens is 2. The standard InChI is InChI=1S/C24H33N5O/c1-18(21-10-6-5-7-11-21)27-24(26-16-14-22-12-9-17-30-22)25-15-8-13-23-19(2)28-29(4)20(23)3/h5-7,9-12,17-18H,8,13-16H2,1-4H3,(H2,25,26,27). The molecule has 2 N–H and O–H groups in total. The molecule has 1 unspecified atom stereocenters. The highest BCUT2D eigenvalue weighted by Crippen LogP contribution is 2.14. The van der Waals surface area contributed by atoms with E-state index in [4.69, 9.17) is 9.41 Å². The van der Waals surface area contributed by atoms with Crippen molar-refractivity contribution in [2.75, 3.05) is 13.1 Å². The van der Waals surface area contributed by atoms with Gasteiger partial charge in [0.2, 0.25) is 0 Å². The molecule has 6 heteroatoms. The summed E-state index contributed by atoms with van der Waals surface area (Å²) in [7, 11) is 2.00. The summed E-state index contributed by atoms with van der Waals surface area (Å²) >= 11 is 0. The molecule has 0 aliphatic rings. The van der Waals surface area contributed by atoms with E-state index < -0.39 is 0 Å². The molecule has 0 aliphatic heterocycles. The van der Waals surface area contributed by atoms with Crippen molar-refractivity contribution < 1.29 is 4.42 Å². The van der Waals surface area contributed by atoms with Gasteiger partial charge >= 0.3 is 0 Å². The van der Waals surface area contributed by atoms with Crippen LogP contribution >= 0.6 is 0 Å². The van der Waals surface area contributed by atoms with E-state index in [1.807, 2.05) is 29.9 Å². The first-order chi connectivity index (χ1) is 14.5. The lowest BCUT2D eigenvalue weighted by Gasteiger charge is -2.18. The zero-order chi connectivity index (χ0) is 21.3. The quantitative estimate of drug-likeness (QED) is 0.318. The number of nitrogens with zero attached hydrogens (tertiary/aromatic N) is 3. The number of hydrogen-bond donors (Lipinski definition) is 2. The van der Waals surface area contributed by atoms with Crippen molar-refractivity contribution in [1.29, 1.82) is 0 Å². The molecule has 30 heavy (non-hydrogen) atoms. The van der Waals surface area contributed by atoms with Gasteiger partial charge in [0.05, 0.1) is 18.0 Å². The normalized spacial score (nSPS) is 12.7. The van der Waals surface area contributed by atoms with Gasteiger partial charge in [-0.2, -0.15) is 5.10 Å². The highest BCUT2D eigenvalue weighted by Gasteiger charge is 2.10. The van der Waals surface area contributed by atoms with Gasteiger partial charge < -0.3 is 15.1 Å². The number of nitrogens with one attached hydrogen (secondary N) is 2. The minimum absolute atomic E-state index is 0.170. The fraction of sp³-hybridized carbons (Fsp3) is 0.417. The number of furan rings is 1. The van der Waals surface area contributed by atoms with E-state index in [0.717, 1.165) is 49.8 Å². The Morgan fingerprint density at radius 1 is 1.13 bits per heavy atom. The summed E-state index contributed by atoms with van der Waals surface area (Å²) in [6.07, 6.45) is 4.50. The predicted octanol–water partition coefficient (Wildman–Crippen LogP) is 4.10. The third-order valence-corrected chi connectivity index (χ3v) is 5.41. The third kappa shape index (κ3) is 5.99. The molecule has 0 radical (unpaired) electrons. The molecule has 3 aromatic rings. The van der Waals surface area contributed by atoms with E-state index in [9.17, 15) is 0 Å². The second-order valence-corrected chi connectivity index (χ2v) is 7.64. The summed E-state index contributed by atoms with van der Waals surface area (Å²) in [5.74, 6) is 1.80. The van der Waals surface area contributed by atoms with Gasteiger partial charge in [0, 0.05) is 32.3 Å². The van der Waals surface area contributed by atoms with E-state index in [1.54, 1.807) is 6.26 Å². The molecular weight excluding hydrogens is 374 g/mol. The van der Waals surface area contributed by atoms with E-state index in [-0.39, 0.29) is 6.04 Å². The van der Waals surface area contributed by atoms with Crippen LogP contribution in [-0.2, 0) is 19.9 Å². The number of hydrogen-bond acceptors (Lipinski definition) is 3. The van der Waals surface area contributed by atoms with E-state index in [0.29, 0.717) is 0 Å². The molecule has 160 valence electrons. The van der Waals surface area contributed by atoms with Gasteiger partial charge in [0.1, 0.15) is 5.76 Å². The molecule has 2 aromatic heterocycles. The lowest BCUT2D eigenvalue weighted by molar-refractivity contribution is 0.506. The van der Waals surface area contributed by atoms with Crippen LogP contribution in [-0.4, -0.2) is 28.8 Å². The average Bonchev–Trinajstić information content (AvgIpc) is 3.34. The van der Waals surface area contributed by atoms with Crippen LogP contribution in [0.3, 0.4) is 0 Å². The highest BCUT2D eigenvalue weighted by atomic mass is 16.3. The predicted molar refractivity (Wildman–Crippen MR) is 122 cm³/mol. The van der Waals surface area contributed by atoms with Crippen LogP contribution < -0.4 is 10.6 Å². The van der Waals surface area contributed by atoms with Crippen LogP contribution in [0.1, 0.15) is 47.7 Å².